The quantitative estimate of drug-likeness (QED) is 0.547. The van der Waals surface area contributed by atoms with Crippen molar-refractivity contribution in [1.29, 1.82) is 5.53 Å². The minimum atomic E-state index is -0.0833. The Morgan fingerprint density at radius 2 is 1.75 bits per heavy atom. The third-order valence-electron chi connectivity index (χ3n) is 1.79. The number of nitrogens with zero attached hydrogens (tertiary/aromatic N) is 1. The average Bonchev–Trinajstić information content (AvgIpc) is 1.87. The monoisotopic (exact) mass is 114 g/mol. The summed E-state index contributed by atoms with van der Waals surface area (Å²) < 4.78 is 0. The summed E-state index contributed by atoms with van der Waals surface area (Å²) in [5.41, 5.74) is 6.70. The van der Waals surface area contributed by atoms with Crippen LogP contribution in [0.3, 0.4) is 0 Å². The first kappa shape index (κ1) is 7.60. The fourth-order valence-electron chi connectivity index (χ4n) is 0.408. The Bertz CT molecular complexity index is 74.6. The molecule has 0 saturated heterocycles. The van der Waals surface area contributed by atoms with Crippen LogP contribution in [0.1, 0.15) is 33.6 Å². The van der Waals surface area contributed by atoms with Gasteiger partial charge in [-0.25, -0.2) is 5.53 Å². The standard InChI is InChI=1S/C6H14N2/c1-4-6(3,5-2)8-7/h7H,4-5H2,1-3H3. The first-order valence-corrected chi connectivity index (χ1v) is 3.07. The van der Waals surface area contributed by atoms with E-state index in [1.54, 1.807) is 0 Å². The highest BCUT2D eigenvalue weighted by molar-refractivity contribution is 4.75. The molecule has 0 aromatic carbocycles. The third kappa shape index (κ3) is 1.60. The van der Waals surface area contributed by atoms with Crippen molar-refractivity contribution < 1.29 is 0 Å². The lowest BCUT2D eigenvalue weighted by Crippen LogP contribution is -2.17. The molecule has 0 amide bonds. The summed E-state index contributed by atoms with van der Waals surface area (Å²) in [7, 11) is 0. The number of nitrogens with one attached hydrogen (secondary N) is 1. The van der Waals surface area contributed by atoms with Crippen molar-refractivity contribution in [2.45, 2.75) is 39.2 Å². The van der Waals surface area contributed by atoms with Gasteiger partial charge in [0.15, 0.2) is 0 Å². The highest BCUT2D eigenvalue weighted by Crippen LogP contribution is 2.17. The molecule has 0 unspecified atom stereocenters. The van der Waals surface area contributed by atoms with Gasteiger partial charge < -0.3 is 0 Å². The molecule has 2 nitrogen and oxygen atoms in total. The summed E-state index contributed by atoms with van der Waals surface area (Å²) in [5, 5.41) is 3.51. The van der Waals surface area contributed by atoms with E-state index < -0.39 is 0 Å². The smallest absolute Gasteiger partial charge is 0.0780 e. The summed E-state index contributed by atoms with van der Waals surface area (Å²) in [6, 6.07) is 0. The maximum absolute atomic E-state index is 6.78. The Morgan fingerprint density at radius 3 is 1.75 bits per heavy atom. The molecular formula is C6H14N2. The van der Waals surface area contributed by atoms with Gasteiger partial charge in [-0.3, -0.25) is 0 Å². The Kier molecular flexibility index (Phi) is 2.66. The van der Waals surface area contributed by atoms with E-state index in [9.17, 15) is 0 Å². The molecule has 0 saturated carbocycles. The zero-order valence-corrected chi connectivity index (χ0v) is 5.86. The third-order valence-corrected chi connectivity index (χ3v) is 1.79. The summed E-state index contributed by atoms with van der Waals surface area (Å²) in [4.78, 5) is 0. The van der Waals surface area contributed by atoms with E-state index in [2.05, 4.69) is 19.0 Å². The topological polar surface area (TPSA) is 36.2 Å². The molecule has 0 atom stereocenters. The van der Waals surface area contributed by atoms with Gasteiger partial charge in [-0.05, 0) is 19.8 Å². The van der Waals surface area contributed by atoms with E-state index in [1.807, 2.05) is 6.92 Å². The molecule has 2 heteroatoms. The van der Waals surface area contributed by atoms with Gasteiger partial charge in [0.25, 0.3) is 0 Å². The van der Waals surface area contributed by atoms with Crippen LogP contribution in [-0.4, -0.2) is 5.54 Å². The van der Waals surface area contributed by atoms with Crippen molar-refractivity contribution in [2.24, 2.45) is 5.11 Å². The van der Waals surface area contributed by atoms with Gasteiger partial charge in [-0.15, -0.1) is 0 Å². The van der Waals surface area contributed by atoms with Gasteiger partial charge in [0.05, 0.1) is 5.54 Å². The van der Waals surface area contributed by atoms with Crippen molar-refractivity contribution in [3.8, 4) is 0 Å². The molecular weight excluding hydrogens is 100 g/mol. The van der Waals surface area contributed by atoms with Crippen molar-refractivity contribution in [3.63, 3.8) is 0 Å². The van der Waals surface area contributed by atoms with Crippen LogP contribution in [0.15, 0.2) is 5.11 Å². The predicted molar refractivity (Wildman–Crippen MR) is 34.1 cm³/mol. The SMILES string of the molecule is CCC(C)(CC)N=N. The molecule has 0 heterocycles. The summed E-state index contributed by atoms with van der Waals surface area (Å²) in [6.07, 6.45) is 1.93. The van der Waals surface area contributed by atoms with E-state index in [-0.39, 0.29) is 5.54 Å². The lowest BCUT2D eigenvalue weighted by Gasteiger charge is -2.17. The van der Waals surface area contributed by atoms with E-state index in [0.29, 0.717) is 0 Å². The zero-order chi connectivity index (χ0) is 6.62. The van der Waals surface area contributed by atoms with Gasteiger partial charge in [0.1, 0.15) is 0 Å². The first-order valence-electron chi connectivity index (χ1n) is 3.07. The maximum Gasteiger partial charge on any atom is 0.0780 e. The Labute approximate surface area is 50.8 Å². The Hall–Kier alpha value is -0.400. The van der Waals surface area contributed by atoms with Crippen molar-refractivity contribution in [2.75, 3.05) is 0 Å². The summed E-state index contributed by atoms with van der Waals surface area (Å²) >= 11 is 0. The Balaban J connectivity index is 3.76. The summed E-state index contributed by atoms with van der Waals surface area (Å²) in [5.74, 6) is 0. The van der Waals surface area contributed by atoms with Crippen molar-refractivity contribution in [3.05, 3.63) is 0 Å². The molecule has 0 spiro atoms. The van der Waals surface area contributed by atoms with Gasteiger partial charge in [0, 0.05) is 0 Å². The van der Waals surface area contributed by atoms with Crippen molar-refractivity contribution >= 4 is 0 Å². The van der Waals surface area contributed by atoms with Gasteiger partial charge in [-0.2, -0.15) is 5.11 Å². The van der Waals surface area contributed by atoms with E-state index >= 15 is 0 Å². The van der Waals surface area contributed by atoms with Gasteiger partial charge in [0.2, 0.25) is 0 Å². The minimum Gasteiger partial charge on any atom is -0.209 e. The molecule has 0 aromatic heterocycles. The van der Waals surface area contributed by atoms with Crippen LogP contribution in [0.25, 0.3) is 0 Å². The molecule has 48 valence electrons. The molecule has 0 aliphatic carbocycles. The number of rotatable bonds is 3. The maximum atomic E-state index is 6.78. The second kappa shape index (κ2) is 2.80. The molecule has 0 bridgehead atoms. The molecule has 0 aromatic rings. The first-order chi connectivity index (χ1) is 3.68. The highest BCUT2D eigenvalue weighted by atomic mass is 15.0. The van der Waals surface area contributed by atoms with Crippen molar-refractivity contribution in [1.82, 2.24) is 0 Å². The van der Waals surface area contributed by atoms with Gasteiger partial charge in [-0.1, -0.05) is 13.8 Å². The zero-order valence-electron chi connectivity index (χ0n) is 5.86. The molecule has 1 N–H and O–H groups in total. The molecule has 0 radical (unpaired) electrons. The summed E-state index contributed by atoms with van der Waals surface area (Å²) in [6.45, 7) is 6.11. The second-order valence-electron chi connectivity index (χ2n) is 2.32. The lowest BCUT2D eigenvalue weighted by atomic mass is 9.97. The lowest BCUT2D eigenvalue weighted by molar-refractivity contribution is 0.410. The van der Waals surface area contributed by atoms with E-state index in [1.165, 1.54) is 0 Å². The number of hydrogen-bond donors (Lipinski definition) is 1. The van der Waals surface area contributed by atoms with E-state index in [0.717, 1.165) is 12.8 Å². The van der Waals surface area contributed by atoms with E-state index in [4.69, 9.17) is 5.53 Å². The largest absolute Gasteiger partial charge is 0.209 e. The van der Waals surface area contributed by atoms with Gasteiger partial charge >= 0.3 is 0 Å². The molecule has 0 aliphatic heterocycles. The van der Waals surface area contributed by atoms with Crippen LogP contribution >= 0.6 is 0 Å². The molecule has 0 fully saturated rings. The van der Waals surface area contributed by atoms with Crippen LogP contribution < -0.4 is 0 Å². The highest BCUT2D eigenvalue weighted by Gasteiger charge is 2.16. The number of hydrogen-bond acceptors (Lipinski definition) is 2. The second-order valence-corrected chi connectivity index (χ2v) is 2.32. The Morgan fingerprint density at radius 1 is 1.38 bits per heavy atom. The van der Waals surface area contributed by atoms with Crippen LogP contribution in [0.2, 0.25) is 0 Å². The van der Waals surface area contributed by atoms with Crippen LogP contribution in [0.4, 0.5) is 0 Å². The fourth-order valence-corrected chi connectivity index (χ4v) is 0.408. The minimum absolute atomic E-state index is 0.0833. The average molecular weight is 114 g/mol. The van der Waals surface area contributed by atoms with Crippen LogP contribution in [0.5, 0.6) is 0 Å². The molecule has 0 aliphatic rings. The molecule has 8 heavy (non-hydrogen) atoms. The molecule has 0 rings (SSSR count). The van der Waals surface area contributed by atoms with Crippen LogP contribution in [-0.2, 0) is 0 Å². The van der Waals surface area contributed by atoms with Crippen LogP contribution in [0, 0.1) is 5.53 Å². The fraction of sp³-hybridized carbons (Fsp3) is 1.00. The predicted octanol–water partition coefficient (Wildman–Crippen LogP) is 2.60. The normalized spacial score (nSPS) is 11.4.